The predicted octanol–water partition coefficient (Wildman–Crippen LogP) is 2.52. The first-order valence-electron chi connectivity index (χ1n) is 9.66. The predicted molar refractivity (Wildman–Crippen MR) is 116 cm³/mol. The summed E-state index contributed by atoms with van der Waals surface area (Å²) in [4.78, 5) is 2.38. The highest BCUT2D eigenvalue weighted by Gasteiger charge is 2.28. The average Bonchev–Trinajstić information content (AvgIpc) is 2.75. The Hall–Kier alpha value is -1.65. The molecule has 0 N–H and O–H groups in total. The molecule has 1 aliphatic heterocycles. The van der Waals surface area contributed by atoms with Gasteiger partial charge in [-0.3, -0.25) is 4.90 Å². The summed E-state index contributed by atoms with van der Waals surface area (Å²) in [7, 11) is -7.02. The van der Waals surface area contributed by atoms with E-state index in [0.29, 0.717) is 50.1 Å². The highest BCUT2D eigenvalue weighted by Crippen LogP contribution is 2.23. The molecule has 1 heterocycles. The maximum atomic E-state index is 12.9. The van der Waals surface area contributed by atoms with Crippen LogP contribution in [-0.2, 0) is 19.9 Å². The molecule has 164 valence electrons. The van der Waals surface area contributed by atoms with Crippen molar-refractivity contribution in [3.05, 3.63) is 53.6 Å². The summed E-state index contributed by atoms with van der Waals surface area (Å²) >= 11 is 6.07. The van der Waals surface area contributed by atoms with Crippen molar-refractivity contribution in [3.8, 4) is 5.75 Å². The summed E-state index contributed by atoms with van der Waals surface area (Å²) in [6.07, 6.45) is 0. The summed E-state index contributed by atoms with van der Waals surface area (Å²) in [6.45, 7) is 4.60. The van der Waals surface area contributed by atoms with Crippen LogP contribution >= 0.6 is 11.6 Å². The standard InChI is InChI=1S/C20H25ClN2O5S2/c1-2-29(24,25)17-7-9-18(10-8-17)30(26,27)23-13-11-22(12-14-23)15-16-28-20-6-4-3-5-19(20)21/h3-10H,2,11-16H2,1H3. The minimum atomic E-state index is -3.66. The van der Waals surface area contributed by atoms with Gasteiger partial charge in [0.1, 0.15) is 12.4 Å². The van der Waals surface area contributed by atoms with Gasteiger partial charge in [0.15, 0.2) is 9.84 Å². The Morgan fingerprint density at radius 1 is 0.900 bits per heavy atom. The van der Waals surface area contributed by atoms with Crippen LogP contribution in [0.2, 0.25) is 5.02 Å². The van der Waals surface area contributed by atoms with E-state index in [1.807, 2.05) is 18.2 Å². The van der Waals surface area contributed by atoms with Gasteiger partial charge in [-0.05, 0) is 36.4 Å². The first-order chi connectivity index (χ1) is 14.2. The maximum Gasteiger partial charge on any atom is 0.243 e. The van der Waals surface area contributed by atoms with Crippen LogP contribution in [0, 0.1) is 0 Å². The SMILES string of the molecule is CCS(=O)(=O)c1ccc(S(=O)(=O)N2CCN(CCOc3ccccc3Cl)CC2)cc1. The number of nitrogens with zero attached hydrogens (tertiary/aromatic N) is 2. The highest BCUT2D eigenvalue weighted by atomic mass is 35.5. The summed E-state index contributed by atoms with van der Waals surface area (Å²) in [6, 6.07) is 12.7. The van der Waals surface area contributed by atoms with Crippen LogP contribution in [-0.4, -0.2) is 71.1 Å². The van der Waals surface area contributed by atoms with Crippen molar-refractivity contribution in [2.75, 3.05) is 45.1 Å². The first-order valence-corrected chi connectivity index (χ1v) is 13.1. The second-order valence-electron chi connectivity index (χ2n) is 6.90. The molecule has 1 aliphatic rings. The van der Waals surface area contributed by atoms with E-state index in [2.05, 4.69) is 4.90 Å². The molecule has 1 fully saturated rings. The van der Waals surface area contributed by atoms with Crippen LogP contribution in [0.1, 0.15) is 6.92 Å². The summed E-state index contributed by atoms with van der Waals surface area (Å²) < 4.78 is 56.7. The lowest BCUT2D eigenvalue weighted by Gasteiger charge is -2.33. The van der Waals surface area contributed by atoms with Crippen molar-refractivity contribution in [1.29, 1.82) is 0 Å². The van der Waals surface area contributed by atoms with Gasteiger partial charge < -0.3 is 4.74 Å². The molecule has 0 aliphatic carbocycles. The minimum absolute atomic E-state index is 0.0265. The van der Waals surface area contributed by atoms with Crippen molar-refractivity contribution >= 4 is 31.5 Å². The van der Waals surface area contributed by atoms with Crippen molar-refractivity contribution < 1.29 is 21.6 Å². The molecule has 0 aromatic heterocycles. The molecule has 0 atom stereocenters. The summed E-state index contributed by atoms with van der Waals surface area (Å²) in [5.41, 5.74) is 0. The Kier molecular flexibility index (Phi) is 7.41. The van der Waals surface area contributed by atoms with Crippen LogP contribution in [0.4, 0.5) is 0 Å². The Balaban J connectivity index is 1.54. The van der Waals surface area contributed by atoms with E-state index in [9.17, 15) is 16.8 Å². The molecule has 7 nitrogen and oxygen atoms in total. The van der Waals surface area contributed by atoms with Crippen molar-refractivity contribution in [3.63, 3.8) is 0 Å². The molecule has 0 bridgehead atoms. The molecule has 30 heavy (non-hydrogen) atoms. The molecular weight excluding hydrogens is 448 g/mol. The molecule has 0 radical (unpaired) electrons. The van der Waals surface area contributed by atoms with E-state index in [1.165, 1.54) is 28.6 Å². The third-order valence-electron chi connectivity index (χ3n) is 5.03. The van der Waals surface area contributed by atoms with Crippen LogP contribution in [0.3, 0.4) is 0 Å². The Morgan fingerprint density at radius 2 is 1.50 bits per heavy atom. The van der Waals surface area contributed by atoms with Crippen LogP contribution in [0.5, 0.6) is 5.75 Å². The molecule has 10 heteroatoms. The molecule has 0 saturated carbocycles. The molecule has 3 rings (SSSR count). The molecule has 0 unspecified atom stereocenters. The number of ether oxygens (including phenoxy) is 1. The number of hydrogen-bond donors (Lipinski definition) is 0. The van der Waals surface area contributed by atoms with Gasteiger partial charge in [0, 0.05) is 32.7 Å². The number of halogens is 1. The second kappa shape index (κ2) is 9.65. The van der Waals surface area contributed by atoms with E-state index in [0.717, 1.165) is 0 Å². The molecule has 2 aromatic rings. The zero-order chi connectivity index (χ0) is 21.8. The largest absolute Gasteiger partial charge is 0.491 e. The molecular formula is C20H25ClN2O5S2. The molecule has 2 aromatic carbocycles. The smallest absolute Gasteiger partial charge is 0.243 e. The summed E-state index contributed by atoms with van der Waals surface area (Å²) in [5, 5.41) is 0.561. The topological polar surface area (TPSA) is 84.0 Å². The molecule has 0 spiro atoms. The number of rotatable bonds is 8. The van der Waals surface area contributed by atoms with Crippen LogP contribution in [0.15, 0.2) is 58.3 Å². The van der Waals surface area contributed by atoms with E-state index in [4.69, 9.17) is 16.3 Å². The van der Waals surface area contributed by atoms with E-state index < -0.39 is 19.9 Å². The average molecular weight is 473 g/mol. The second-order valence-corrected chi connectivity index (χ2v) is 11.5. The quantitative estimate of drug-likeness (QED) is 0.587. The normalized spacial score (nSPS) is 16.5. The van der Waals surface area contributed by atoms with Gasteiger partial charge in [-0.2, -0.15) is 4.31 Å². The third-order valence-corrected chi connectivity index (χ3v) is 9.01. The number of hydrogen-bond acceptors (Lipinski definition) is 6. The third kappa shape index (κ3) is 5.33. The van der Waals surface area contributed by atoms with E-state index >= 15 is 0 Å². The zero-order valence-corrected chi connectivity index (χ0v) is 19.1. The molecule has 1 saturated heterocycles. The van der Waals surface area contributed by atoms with Crippen LogP contribution in [0.25, 0.3) is 0 Å². The lowest BCUT2D eigenvalue weighted by molar-refractivity contribution is 0.159. The molecule has 0 amide bonds. The Labute approximate surface area is 183 Å². The fourth-order valence-corrected chi connectivity index (χ4v) is 5.67. The lowest BCUT2D eigenvalue weighted by atomic mass is 10.3. The summed E-state index contributed by atoms with van der Waals surface area (Å²) in [5.74, 6) is 0.607. The van der Waals surface area contributed by atoms with Gasteiger partial charge in [0.05, 0.1) is 20.6 Å². The van der Waals surface area contributed by atoms with Gasteiger partial charge in [0.25, 0.3) is 0 Å². The van der Waals surface area contributed by atoms with Crippen molar-refractivity contribution in [1.82, 2.24) is 9.21 Å². The monoisotopic (exact) mass is 472 g/mol. The highest BCUT2D eigenvalue weighted by molar-refractivity contribution is 7.91. The maximum absolute atomic E-state index is 12.9. The fourth-order valence-electron chi connectivity index (χ4n) is 3.17. The van der Waals surface area contributed by atoms with Gasteiger partial charge in [-0.15, -0.1) is 0 Å². The number of piperazine rings is 1. The van der Waals surface area contributed by atoms with Crippen LogP contribution < -0.4 is 4.74 Å². The Bertz CT molecular complexity index is 1060. The number of benzene rings is 2. The lowest BCUT2D eigenvalue weighted by Crippen LogP contribution is -2.49. The van der Waals surface area contributed by atoms with Gasteiger partial charge in [-0.1, -0.05) is 30.7 Å². The number of para-hydroxylation sites is 1. The Morgan fingerprint density at radius 3 is 2.10 bits per heavy atom. The fraction of sp³-hybridized carbons (Fsp3) is 0.400. The minimum Gasteiger partial charge on any atom is -0.491 e. The van der Waals surface area contributed by atoms with Crippen molar-refractivity contribution in [2.24, 2.45) is 0 Å². The van der Waals surface area contributed by atoms with Crippen molar-refractivity contribution in [2.45, 2.75) is 16.7 Å². The number of sulfone groups is 1. The van der Waals surface area contributed by atoms with Gasteiger partial charge in [0.2, 0.25) is 10.0 Å². The zero-order valence-electron chi connectivity index (χ0n) is 16.7. The van der Waals surface area contributed by atoms with Gasteiger partial charge >= 0.3 is 0 Å². The first kappa shape index (κ1) is 23.0. The number of sulfonamides is 1. The van der Waals surface area contributed by atoms with E-state index in [1.54, 1.807) is 13.0 Å². The van der Waals surface area contributed by atoms with E-state index in [-0.39, 0.29) is 15.5 Å². The van der Waals surface area contributed by atoms with Gasteiger partial charge in [-0.25, -0.2) is 16.8 Å².